The highest BCUT2D eigenvalue weighted by atomic mass is 28.3. The van der Waals surface area contributed by atoms with Crippen LogP contribution in [0.1, 0.15) is 22.3 Å². The van der Waals surface area contributed by atoms with Crippen LogP contribution < -0.4 is 5.19 Å². The van der Waals surface area contributed by atoms with Gasteiger partial charge in [0, 0.05) is 0 Å². The zero-order chi connectivity index (χ0) is 23.0. The molecule has 4 aromatic carbocycles. The highest BCUT2D eigenvalue weighted by Crippen LogP contribution is 2.33. The Morgan fingerprint density at radius 1 is 0.469 bits per heavy atom. The van der Waals surface area contributed by atoms with E-state index >= 15 is 0 Å². The minimum absolute atomic E-state index is 1.28. The Labute approximate surface area is 195 Å². The molecule has 0 aliphatic rings. The van der Waals surface area contributed by atoms with Gasteiger partial charge in [-0.3, -0.25) is 0 Å². The number of aryl methyl sites for hydroxylation is 4. The summed E-state index contributed by atoms with van der Waals surface area (Å²) in [5.74, 6) is 0. The van der Waals surface area contributed by atoms with E-state index in [0.717, 1.165) is 0 Å². The van der Waals surface area contributed by atoms with E-state index in [0.29, 0.717) is 0 Å². The Bertz CT molecular complexity index is 1290. The SMILES string of the molecule is Cc1cccc(-c2ccc(-c3ccc(-c4cccc(C)c4[Si](C)(C)C)cc3C)c(C)c2)c1. The molecule has 0 nitrogen and oxygen atoms in total. The fourth-order valence-corrected chi connectivity index (χ4v) is 7.31. The Hall–Kier alpha value is -2.90. The van der Waals surface area contributed by atoms with Crippen molar-refractivity contribution in [3.05, 3.63) is 101 Å². The summed E-state index contributed by atoms with van der Waals surface area (Å²) in [6, 6.07) is 29.4. The molecule has 0 spiro atoms. The average Bonchev–Trinajstić information content (AvgIpc) is 2.73. The molecule has 0 aliphatic carbocycles. The molecule has 0 saturated heterocycles. The molecule has 0 radical (unpaired) electrons. The van der Waals surface area contributed by atoms with Gasteiger partial charge in [-0.25, -0.2) is 0 Å². The van der Waals surface area contributed by atoms with Crippen molar-refractivity contribution in [2.24, 2.45) is 0 Å². The lowest BCUT2D eigenvalue weighted by molar-refractivity contribution is 1.40. The predicted octanol–water partition coefficient (Wildman–Crippen LogP) is 8.47. The van der Waals surface area contributed by atoms with Crippen LogP contribution >= 0.6 is 0 Å². The topological polar surface area (TPSA) is 0 Å². The lowest BCUT2D eigenvalue weighted by Gasteiger charge is -2.24. The van der Waals surface area contributed by atoms with E-state index in [1.807, 2.05) is 0 Å². The lowest BCUT2D eigenvalue weighted by atomic mass is 9.91. The molecule has 4 aromatic rings. The first-order chi connectivity index (χ1) is 15.1. The third-order valence-corrected chi connectivity index (χ3v) is 8.59. The number of rotatable bonds is 4. The maximum absolute atomic E-state index is 2.44. The molecule has 0 amide bonds. The second-order valence-corrected chi connectivity index (χ2v) is 15.2. The molecule has 4 rings (SSSR count). The standard InChI is InChI=1S/C31H34Si/c1-21-10-8-12-25(18-21)26-14-16-28(23(3)19-26)29-17-15-27(20-24(29)4)30-13-9-11-22(2)31(30)32(5,6)7/h8-20H,1-7H3. The Morgan fingerprint density at radius 2 is 1.03 bits per heavy atom. The molecule has 0 atom stereocenters. The monoisotopic (exact) mass is 434 g/mol. The van der Waals surface area contributed by atoms with Crippen LogP contribution in [0.25, 0.3) is 33.4 Å². The van der Waals surface area contributed by atoms with Crippen LogP contribution in [-0.4, -0.2) is 8.07 Å². The third-order valence-electron chi connectivity index (χ3n) is 6.43. The van der Waals surface area contributed by atoms with Crippen molar-refractivity contribution in [3.63, 3.8) is 0 Å². The number of benzene rings is 4. The summed E-state index contributed by atoms with van der Waals surface area (Å²) in [7, 11) is -1.45. The molecule has 0 bridgehead atoms. The number of hydrogen-bond donors (Lipinski definition) is 0. The van der Waals surface area contributed by atoms with Crippen molar-refractivity contribution < 1.29 is 0 Å². The normalized spacial score (nSPS) is 11.6. The minimum Gasteiger partial charge on any atom is -0.0656 e. The van der Waals surface area contributed by atoms with Gasteiger partial charge in [0.2, 0.25) is 0 Å². The fourth-order valence-electron chi connectivity index (χ4n) is 5.01. The minimum atomic E-state index is -1.45. The van der Waals surface area contributed by atoms with Gasteiger partial charge >= 0.3 is 0 Å². The zero-order valence-corrected chi connectivity index (χ0v) is 21.5. The highest BCUT2D eigenvalue weighted by molar-refractivity contribution is 6.90. The average molecular weight is 435 g/mol. The quantitative estimate of drug-likeness (QED) is 0.283. The largest absolute Gasteiger partial charge is 0.0787 e. The first-order valence-corrected chi connectivity index (χ1v) is 15.0. The van der Waals surface area contributed by atoms with E-state index in [9.17, 15) is 0 Å². The Morgan fingerprint density at radius 3 is 1.62 bits per heavy atom. The summed E-state index contributed by atoms with van der Waals surface area (Å²) in [5.41, 5.74) is 13.3. The zero-order valence-electron chi connectivity index (χ0n) is 20.5. The first kappa shape index (κ1) is 22.3. The highest BCUT2D eigenvalue weighted by Gasteiger charge is 2.23. The van der Waals surface area contributed by atoms with Gasteiger partial charge in [-0.05, 0) is 77.4 Å². The second-order valence-electron chi connectivity index (χ2n) is 10.2. The first-order valence-electron chi connectivity index (χ1n) is 11.5. The second kappa shape index (κ2) is 8.56. The molecular weight excluding hydrogens is 400 g/mol. The van der Waals surface area contributed by atoms with Crippen LogP contribution in [0.3, 0.4) is 0 Å². The van der Waals surface area contributed by atoms with Gasteiger partial charge in [0.25, 0.3) is 0 Å². The Balaban J connectivity index is 1.75. The van der Waals surface area contributed by atoms with Crippen molar-refractivity contribution in [1.29, 1.82) is 0 Å². The molecule has 32 heavy (non-hydrogen) atoms. The third kappa shape index (κ3) is 4.35. The fraction of sp³-hybridized carbons (Fsp3) is 0.226. The summed E-state index contributed by atoms with van der Waals surface area (Å²) in [6.45, 7) is 16.2. The molecule has 0 N–H and O–H groups in total. The molecule has 0 heterocycles. The smallest absolute Gasteiger partial charge is 0.0656 e. The van der Waals surface area contributed by atoms with Crippen molar-refractivity contribution in [3.8, 4) is 33.4 Å². The predicted molar refractivity (Wildman–Crippen MR) is 145 cm³/mol. The van der Waals surface area contributed by atoms with Crippen LogP contribution in [0.4, 0.5) is 0 Å². The summed E-state index contributed by atoms with van der Waals surface area (Å²) in [4.78, 5) is 0. The van der Waals surface area contributed by atoms with Gasteiger partial charge < -0.3 is 0 Å². The summed E-state index contributed by atoms with van der Waals surface area (Å²) < 4.78 is 0. The van der Waals surface area contributed by atoms with E-state index in [2.05, 4.69) is 126 Å². The summed E-state index contributed by atoms with van der Waals surface area (Å²) in [6.07, 6.45) is 0. The van der Waals surface area contributed by atoms with Gasteiger partial charge in [0.1, 0.15) is 0 Å². The molecule has 0 unspecified atom stereocenters. The van der Waals surface area contributed by atoms with Gasteiger partial charge in [-0.1, -0.05) is 110 Å². The number of hydrogen-bond acceptors (Lipinski definition) is 0. The summed E-state index contributed by atoms with van der Waals surface area (Å²) >= 11 is 0. The van der Waals surface area contributed by atoms with Crippen LogP contribution in [0.5, 0.6) is 0 Å². The van der Waals surface area contributed by atoms with E-state index in [-0.39, 0.29) is 0 Å². The molecule has 162 valence electrons. The van der Waals surface area contributed by atoms with Crippen molar-refractivity contribution >= 4 is 13.3 Å². The van der Waals surface area contributed by atoms with Crippen LogP contribution in [0.15, 0.2) is 78.9 Å². The van der Waals surface area contributed by atoms with Crippen LogP contribution in [0, 0.1) is 27.7 Å². The summed E-state index contributed by atoms with van der Waals surface area (Å²) in [5, 5.41) is 1.57. The maximum Gasteiger partial charge on any atom is 0.0787 e. The molecule has 1 heteroatoms. The van der Waals surface area contributed by atoms with Gasteiger partial charge in [-0.2, -0.15) is 0 Å². The van der Waals surface area contributed by atoms with Crippen molar-refractivity contribution in [2.45, 2.75) is 47.3 Å². The molecule has 0 fully saturated rings. The van der Waals surface area contributed by atoms with E-state index in [4.69, 9.17) is 0 Å². The lowest BCUT2D eigenvalue weighted by Crippen LogP contribution is -2.40. The molecule has 0 aliphatic heterocycles. The van der Waals surface area contributed by atoms with E-state index in [1.165, 1.54) is 55.6 Å². The van der Waals surface area contributed by atoms with Crippen LogP contribution in [-0.2, 0) is 0 Å². The molecule has 0 aromatic heterocycles. The maximum atomic E-state index is 2.44. The van der Waals surface area contributed by atoms with Crippen LogP contribution in [0.2, 0.25) is 19.6 Å². The van der Waals surface area contributed by atoms with E-state index in [1.54, 1.807) is 5.19 Å². The van der Waals surface area contributed by atoms with Gasteiger partial charge in [-0.15, -0.1) is 0 Å². The molecule has 0 saturated carbocycles. The van der Waals surface area contributed by atoms with Crippen molar-refractivity contribution in [2.75, 3.05) is 0 Å². The Kier molecular flexibility index (Phi) is 5.96. The van der Waals surface area contributed by atoms with Gasteiger partial charge in [0.05, 0.1) is 8.07 Å². The van der Waals surface area contributed by atoms with Gasteiger partial charge in [0.15, 0.2) is 0 Å². The van der Waals surface area contributed by atoms with Crippen molar-refractivity contribution in [1.82, 2.24) is 0 Å². The van der Waals surface area contributed by atoms with E-state index < -0.39 is 8.07 Å². The molecular formula is C31H34Si.